The summed E-state index contributed by atoms with van der Waals surface area (Å²) >= 11 is 3.32. The van der Waals surface area contributed by atoms with E-state index in [2.05, 4.69) is 21.2 Å². The van der Waals surface area contributed by atoms with Crippen LogP contribution in [0.2, 0.25) is 0 Å². The second kappa shape index (κ2) is 7.53. The first kappa shape index (κ1) is 16.2. The molecule has 0 fully saturated rings. The largest absolute Gasteiger partial charge is 0.497 e. The Morgan fingerprint density at radius 1 is 1.59 bits per heavy atom. The fourth-order valence-corrected chi connectivity index (χ4v) is 1.59. The molecule has 96 valence electrons. The number of hydrogen-bond donors (Lipinski definition) is 2. The normalized spacial score (nSPS) is 11.3. The number of halogens is 2. The van der Waals surface area contributed by atoms with Crippen LogP contribution in [0.5, 0.6) is 5.75 Å². The fraction of sp³-hybridized carbons (Fsp3) is 0.364. The summed E-state index contributed by atoms with van der Waals surface area (Å²) in [4.78, 5) is 11.9. The van der Waals surface area contributed by atoms with Crippen LogP contribution in [0, 0.1) is 0 Å². The van der Waals surface area contributed by atoms with Gasteiger partial charge in [0.15, 0.2) is 0 Å². The fourth-order valence-electron chi connectivity index (χ4n) is 1.17. The Hall–Kier alpha value is -0.780. The summed E-state index contributed by atoms with van der Waals surface area (Å²) in [6.45, 7) is 2.26. The van der Waals surface area contributed by atoms with Gasteiger partial charge in [0.1, 0.15) is 5.75 Å². The summed E-state index contributed by atoms with van der Waals surface area (Å²) in [5, 5.41) is 2.79. The molecule has 0 heterocycles. The number of rotatable bonds is 4. The zero-order valence-electron chi connectivity index (χ0n) is 9.70. The van der Waals surface area contributed by atoms with Crippen LogP contribution in [0.25, 0.3) is 0 Å². The number of benzene rings is 1. The highest BCUT2D eigenvalue weighted by Crippen LogP contribution is 2.22. The molecule has 0 saturated heterocycles. The maximum Gasteiger partial charge on any atom is 0.252 e. The molecule has 0 aliphatic rings. The van der Waals surface area contributed by atoms with Gasteiger partial charge in [-0.3, -0.25) is 4.79 Å². The monoisotopic (exact) mass is 322 g/mol. The Balaban J connectivity index is 0.00000256. The first-order chi connectivity index (χ1) is 7.58. The van der Waals surface area contributed by atoms with Gasteiger partial charge >= 0.3 is 0 Å². The van der Waals surface area contributed by atoms with Crippen molar-refractivity contribution >= 4 is 34.2 Å². The van der Waals surface area contributed by atoms with Crippen molar-refractivity contribution in [3.63, 3.8) is 0 Å². The molecule has 3 N–H and O–H groups in total. The van der Waals surface area contributed by atoms with Crippen molar-refractivity contribution in [3.05, 3.63) is 28.2 Å². The van der Waals surface area contributed by atoms with E-state index in [-0.39, 0.29) is 24.4 Å². The number of carbonyl (C=O) groups excluding carboxylic acids is 1. The van der Waals surface area contributed by atoms with Crippen LogP contribution in [0.1, 0.15) is 17.3 Å². The van der Waals surface area contributed by atoms with E-state index in [1.54, 1.807) is 25.3 Å². The van der Waals surface area contributed by atoms with Crippen molar-refractivity contribution in [3.8, 4) is 5.75 Å². The molecule has 1 atom stereocenters. The number of nitrogens with one attached hydrogen (secondary N) is 1. The Kier molecular flexibility index (Phi) is 7.18. The molecular weight excluding hydrogens is 307 g/mol. The highest BCUT2D eigenvalue weighted by atomic mass is 79.9. The Labute approximate surface area is 115 Å². The molecule has 0 aromatic heterocycles. The summed E-state index contributed by atoms with van der Waals surface area (Å²) in [5.41, 5.74) is 5.98. The van der Waals surface area contributed by atoms with E-state index < -0.39 is 0 Å². The highest BCUT2D eigenvalue weighted by molar-refractivity contribution is 9.10. The van der Waals surface area contributed by atoms with E-state index in [1.807, 2.05) is 6.92 Å². The molecule has 0 aliphatic heterocycles. The molecule has 0 spiro atoms. The minimum atomic E-state index is -0.163. The molecule has 1 aromatic carbocycles. The smallest absolute Gasteiger partial charge is 0.252 e. The molecule has 0 unspecified atom stereocenters. The van der Waals surface area contributed by atoms with Gasteiger partial charge in [0.05, 0.1) is 12.7 Å². The Morgan fingerprint density at radius 2 is 2.24 bits per heavy atom. The second-order valence-corrected chi connectivity index (χ2v) is 4.31. The van der Waals surface area contributed by atoms with Gasteiger partial charge in [0.25, 0.3) is 5.91 Å². The maximum absolute atomic E-state index is 11.9. The highest BCUT2D eigenvalue weighted by Gasteiger charge is 2.12. The van der Waals surface area contributed by atoms with Gasteiger partial charge in [-0.25, -0.2) is 0 Å². The van der Waals surface area contributed by atoms with Crippen molar-refractivity contribution in [2.75, 3.05) is 13.7 Å². The van der Waals surface area contributed by atoms with Crippen LogP contribution in [-0.4, -0.2) is 25.6 Å². The van der Waals surface area contributed by atoms with Crippen molar-refractivity contribution < 1.29 is 9.53 Å². The number of ether oxygens (including phenoxy) is 1. The van der Waals surface area contributed by atoms with Gasteiger partial charge in [-0.05, 0) is 41.1 Å². The van der Waals surface area contributed by atoms with E-state index in [0.29, 0.717) is 17.9 Å². The van der Waals surface area contributed by atoms with Gasteiger partial charge in [-0.15, -0.1) is 12.4 Å². The zero-order chi connectivity index (χ0) is 12.1. The predicted octanol–water partition coefficient (Wildman–Crippen LogP) is 1.96. The predicted molar refractivity (Wildman–Crippen MR) is 73.9 cm³/mol. The zero-order valence-corrected chi connectivity index (χ0v) is 12.1. The van der Waals surface area contributed by atoms with Crippen LogP contribution in [0.15, 0.2) is 22.7 Å². The molecule has 1 amide bonds. The summed E-state index contributed by atoms with van der Waals surface area (Å²) in [5.74, 6) is 0.484. The minimum Gasteiger partial charge on any atom is -0.497 e. The molecule has 17 heavy (non-hydrogen) atoms. The summed E-state index contributed by atoms with van der Waals surface area (Å²) in [7, 11) is 1.56. The molecule has 0 aliphatic carbocycles. The third kappa shape index (κ3) is 4.53. The number of carbonyl (C=O) groups is 1. The van der Waals surface area contributed by atoms with Crippen molar-refractivity contribution in [1.82, 2.24) is 5.32 Å². The topological polar surface area (TPSA) is 64.3 Å². The first-order valence-corrected chi connectivity index (χ1v) is 5.72. The van der Waals surface area contributed by atoms with Crippen LogP contribution >= 0.6 is 28.3 Å². The van der Waals surface area contributed by atoms with Crippen molar-refractivity contribution in [1.29, 1.82) is 0 Å². The third-order valence-electron chi connectivity index (χ3n) is 2.15. The molecule has 4 nitrogen and oxygen atoms in total. The average Bonchev–Trinajstić information content (AvgIpc) is 2.29. The Bertz CT molecular complexity index is 388. The van der Waals surface area contributed by atoms with Crippen LogP contribution in [0.4, 0.5) is 0 Å². The molecule has 0 saturated carbocycles. The van der Waals surface area contributed by atoms with Crippen LogP contribution in [0.3, 0.4) is 0 Å². The van der Waals surface area contributed by atoms with Gasteiger partial charge in [-0.2, -0.15) is 0 Å². The molecule has 6 heteroatoms. The van der Waals surface area contributed by atoms with Gasteiger partial charge in [-0.1, -0.05) is 0 Å². The maximum atomic E-state index is 11.9. The molecule has 0 radical (unpaired) electrons. The first-order valence-electron chi connectivity index (χ1n) is 4.93. The summed E-state index contributed by atoms with van der Waals surface area (Å²) in [6.07, 6.45) is 0. The lowest BCUT2D eigenvalue weighted by atomic mass is 10.2. The number of hydrogen-bond acceptors (Lipinski definition) is 3. The standard InChI is InChI=1S/C11H15BrN2O2.ClH/c1-7(6-13)14-11(15)9-5-8(16-2)3-4-10(9)12;/h3-5,7H,6,13H2,1-2H3,(H,14,15);1H/t7-;/m0./s1. The number of methoxy groups -OCH3 is 1. The van der Waals surface area contributed by atoms with E-state index in [0.717, 1.165) is 4.47 Å². The van der Waals surface area contributed by atoms with Crippen LogP contribution in [-0.2, 0) is 0 Å². The summed E-state index contributed by atoms with van der Waals surface area (Å²) in [6, 6.07) is 5.20. The Morgan fingerprint density at radius 3 is 2.76 bits per heavy atom. The number of nitrogens with two attached hydrogens (primary N) is 1. The van der Waals surface area contributed by atoms with Gasteiger partial charge in [0.2, 0.25) is 0 Å². The molecular formula is C11H16BrClN2O2. The van der Waals surface area contributed by atoms with E-state index >= 15 is 0 Å². The van der Waals surface area contributed by atoms with Crippen LogP contribution < -0.4 is 15.8 Å². The van der Waals surface area contributed by atoms with E-state index in [1.165, 1.54) is 0 Å². The lowest BCUT2D eigenvalue weighted by Gasteiger charge is -2.12. The van der Waals surface area contributed by atoms with E-state index in [9.17, 15) is 4.79 Å². The lowest BCUT2D eigenvalue weighted by Crippen LogP contribution is -2.37. The minimum absolute atomic E-state index is 0. The second-order valence-electron chi connectivity index (χ2n) is 3.46. The average molecular weight is 324 g/mol. The van der Waals surface area contributed by atoms with Crippen molar-refractivity contribution in [2.45, 2.75) is 13.0 Å². The van der Waals surface area contributed by atoms with E-state index in [4.69, 9.17) is 10.5 Å². The lowest BCUT2D eigenvalue weighted by molar-refractivity contribution is 0.0940. The third-order valence-corrected chi connectivity index (χ3v) is 2.84. The summed E-state index contributed by atoms with van der Waals surface area (Å²) < 4.78 is 5.80. The molecule has 1 rings (SSSR count). The quantitative estimate of drug-likeness (QED) is 0.890. The molecule has 1 aromatic rings. The van der Waals surface area contributed by atoms with Crippen molar-refractivity contribution in [2.24, 2.45) is 5.73 Å². The number of amides is 1. The molecule has 0 bridgehead atoms. The van der Waals surface area contributed by atoms with Gasteiger partial charge in [0, 0.05) is 17.1 Å². The SMILES string of the molecule is COc1ccc(Br)c(C(=O)N[C@@H](C)CN)c1.Cl. The van der Waals surface area contributed by atoms with Gasteiger partial charge < -0.3 is 15.8 Å².